The van der Waals surface area contributed by atoms with E-state index in [4.69, 9.17) is 0 Å². The van der Waals surface area contributed by atoms with E-state index >= 15 is 0 Å². The Morgan fingerprint density at radius 2 is 2.17 bits per heavy atom. The molecule has 4 atom stereocenters. The largest absolute Gasteiger partial charge is 0.299 e. The van der Waals surface area contributed by atoms with Crippen LogP contribution in [0.3, 0.4) is 0 Å². The van der Waals surface area contributed by atoms with Gasteiger partial charge in [-0.05, 0) is 24.3 Å². The van der Waals surface area contributed by atoms with Gasteiger partial charge in [0, 0.05) is 18.3 Å². The van der Waals surface area contributed by atoms with E-state index in [-0.39, 0.29) is 23.5 Å². The molecule has 0 unspecified atom stereocenters. The van der Waals surface area contributed by atoms with Crippen molar-refractivity contribution in [3.8, 4) is 0 Å². The molecular weight excluding hydrogens is 152 g/mol. The minimum absolute atomic E-state index is 0.188. The zero-order valence-corrected chi connectivity index (χ0v) is 6.69. The lowest BCUT2D eigenvalue weighted by atomic mass is 9.80. The van der Waals surface area contributed by atoms with E-state index in [0.29, 0.717) is 18.1 Å². The minimum atomic E-state index is 0.188. The van der Waals surface area contributed by atoms with Crippen molar-refractivity contribution in [1.29, 1.82) is 0 Å². The first-order valence-corrected chi connectivity index (χ1v) is 4.52. The van der Waals surface area contributed by atoms with Crippen molar-refractivity contribution in [1.82, 2.24) is 0 Å². The summed E-state index contributed by atoms with van der Waals surface area (Å²) in [6.07, 6.45) is 5.27. The molecule has 2 nitrogen and oxygen atoms in total. The minimum Gasteiger partial charge on any atom is -0.299 e. The Labute approximate surface area is 70.6 Å². The number of rotatable bonds is 0. The van der Waals surface area contributed by atoms with E-state index in [9.17, 15) is 9.59 Å². The maximum absolute atomic E-state index is 11.4. The predicted molar refractivity (Wildman–Crippen MR) is 42.3 cm³/mol. The van der Waals surface area contributed by atoms with Crippen molar-refractivity contribution in [2.45, 2.75) is 12.8 Å². The first kappa shape index (κ1) is 6.58. The Kier molecular flexibility index (Phi) is 1.03. The highest BCUT2D eigenvalue weighted by Gasteiger charge is 2.55. The average molecular weight is 162 g/mol. The summed E-state index contributed by atoms with van der Waals surface area (Å²) >= 11 is 0. The first-order valence-electron chi connectivity index (χ1n) is 4.52. The van der Waals surface area contributed by atoms with E-state index in [2.05, 4.69) is 0 Å². The van der Waals surface area contributed by atoms with Crippen molar-refractivity contribution >= 4 is 11.6 Å². The number of fused-ring (bicyclic) bond motifs is 5. The fourth-order valence-electron chi connectivity index (χ4n) is 3.15. The van der Waals surface area contributed by atoms with Gasteiger partial charge in [0.05, 0.1) is 0 Å². The lowest BCUT2D eigenvalue weighted by Gasteiger charge is -2.21. The van der Waals surface area contributed by atoms with Crippen LogP contribution in [0.5, 0.6) is 0 Å². The molecule has 12 heavy (non-hydrogen) atoms. The smallest absolute Gasteiger partial charge is 0.159 e. The van der Waals surface area contributed by atoms with Crippen molar-refractivity contribution in [3.05, 3.63) is 12.2 Å². The molecule has 62 valence electrons. The number of carbonyl (C=O) groups is 2. The molecule has 3 rings (SSSR count). The van der Waals surface area contributed by atoms with Crippen LogP contribution in [0.1, 0.15) is 12.8 Å². The second-order valence-corrected chi connectivity index (χ2v) is 4.14. The van der Waals surface area contributed by atoms with Gasteiger partial charge in [0.1, 0.15) is 5.78 Å². The highest BCUT2D eigenvalue weighted by Crippen LogP contribution is 2.53. The highest BCUT2D eigenvalue weighted by molar-refractivity contribution is 5.99. The van der Waals surface area contributed by atoms with Gasteiger partial charge in [0.15, 0.2) is 5.78 Å². The first-order chi connectivity index (χ1) is 5.77. The molecule has 0 aromatic rings. The highest BCUT2D eigenvalue weighted by atomic mass is 16.1. The number of hydrogen-bond acceptors (Lipinski definition) is 2. The molecule has 0 saturated heterocycles. The van der Waals surface area contributed by atoms with Crippen molar-refractivity contribution < 1.29 is 9.59 Å². The molecule has 3 aliphatic carbocycles. The summed E-state index contributed by atoms with van der Waals surface area (Å²) in [5.41, 5.74) is 0. The van der Waals surface area contributed by atoms with Gasteiger partial charge in [-0.25, -0.2) is 0 Å². The average Bonchev–Trinajstić information content (AvgIpc) is 2.62. The van der Waals surface area contributed by atoms with Gasteiger partial charge >= 0.3 is 0 Å². The number of carbonyl (C=O) groups excluding carboxylic acids is 2. The number of hydrogen-bond donors (Lipinski definition) is 0. The van der Waals surface area contributed by atoms with E-state index in [1.165, 1.54) is 0 Å². The Morgan fingerprint density at radius 3 is 3.00 bits per heavy atom. The van der Waals surface area contributed by atoms with Crippen LogP contribution in [0.2, 0.25) is 0 Å². The zero-order chi connectivity index (χ0) is 8.29. The molecule has 2 saturated carbocycles. The summed E-state index contributed by atoms with van der Waals surface area (Å²) in [4.78, 5) is 22.7. The summed E-state index contributed by atoms with van der Waals surface area (Å²) in [5, 5.41) is 0. The van der Waals surface area contributed by atoms with Gasteiger partial charge in [-0.3, -0.25) is 9.59 Å². The standard InChI is InChI=1S/C10H10O2/c11-8-2-1-6-7-3-5(10(6)8)4-9(7)12/h1-2,5-7,10H,3-4H2/t5-,6+,7-,10-/m0/s1. The number of allylic oxidation sites excluding steroid dienone is 2. The molecule has 0 aromatic heterocycles. The molecule has 2 heteroatoms. The summed E-state index contributed by atoms with van der Waals surface area (Å²) < 4.78 is 0. The Bertz CT molecular complexity index is 303. The van der Waals surface area contributed by atoms with Gasteiger partial charge in [0.25, 0.3) is 0 Å². The summed E-state index contributed by atoms with van der Waals surface area (Å²) in [6, 6.07) is 0. The van der Waals surface area contributed by atoms with Gasteiger partial charge in [-0.15, -0.1) is 0 Å². The van der Waals surface area contributed by atoms with Crippen molar-refractivity contribution in [3.63, 3.8) is 0 Å². The molecule has 2 bridgehead atoms. The zero-order valence-electron chi connectivity index (χ0n) is 6.69. The predicted octanol–water partition coefficient (Wildman–Crippen LogP) is 0.967. The second kappa shape index (κ2) is 1.87. The SMILES string of the molecule is O=C1C=C[C@H]2[C@@H]1[C@@H]1CC(=O)[C@H]2C1. The van der Waals surface area contributed by atoms with E-state index in [1.807, 2.05) is 6.08 Å². The maximum Gasteiger partial charge on any atom is 0.159 e. The van der Waals surface area contributed by atoms with Crippen LogP contribution in [0.4, 0.5) is 0 Å². The number of Topliss-reactive ketones (excluding diaryl/α,β-unsaturated/α-hetero) is 1. The molecular formula is C10H10O2. The lowest BCUT2D eigenvalue weighted by molar-refractivity contribution is -0.126. The Morgan fingerprint density at radius 1 is 1.33 bits per heavy atom. The van der Waals surface area contributed by atoms with Crippen LogP contribution < -0.4 is 0 Å². The van der Waals surface area contributed by atoms with E-state index in [1.54, 1.807) is 6.08 Å². The Balaban J connectivity index is 2.03. The van der Waals surface area contributed by atoms with Gasteiger partial charge in [-0.1, -0.05) is 6.08 Å². The van der Waals surface area contributed by atoms with Crippen LogP contribution in [0.25, 0.3) is 0 Å². The fraction of sp³-hybridized carbons (Fsp3) is 0.600. The lowest BCUT2D eigenvalue weighted by Crippen LogP contribution is -2.27. The third-order valence-corrected chi connectivity index (χ3v) is 3.63. The summed E-state index contributed by atoms with van der Waals surface area (Å²) in [7, 11) is 0. The van der Waals surface area contributed by atoms with E-state index < -0.39 is 0 Å². The van der Waals surface area contributed by atoms with Crippen LogP contribution in [-0.4, -0.2) is 11.6 Å². The quantitative estimate of drug-likeness (QED) is 0.531. The van der Waals surface area contributed by atoms with Crippen LogP contribution in [0, 0.1) is 23.7 Å². The van der Waals surface area contributed by atoms with Crippen LogP contribution in [-0.2, 0) is 9.59 Å². The second-order valence-electron chi connectivity index (χ2n) is 4.14. The normalized spacial score (nSPS) is 49.0. The molecule has 0 radical (unpaired) electrons. The molecule has 0 heterocycles. The monoisotopic (exact) mass is 162 g/mol. The van der Waals surface area contributed by atoms with Crippen LogP contribution >= 0.6 is 0 Å². The van der Waals surface area contributed by atoms with Gasteiger partial charge in [0.2, 0.25) is 0 Å². The summed E-state index contributed by atoms with van der Waals surface area (Å²) in [6.45, 7) is 0. The Hall–Kier alpha value is -0.920. The van der Waals surface area contributed by atoms with Crippen molar-refractivity contribution in [2.24, 2.45) is 23.7 Å². The summed E-state index contributed by atoms with van der Waals surface area (Å²) in [5.74, 6) is 1.70. The molecule has 0 spiro atoms. The van der Waals surface area contributed by atoms with Gasteiger partial charge in [-0.2, -0.15) is 0 Å². The molecule has 3 aliphatic rings. The third kappa shape index (κ3) is 0.576. The molecule has 0 aliphatic heterocycles. The molecule has 0 aromatic carbocycles. The molecule has 0 N–H and O–H groups in total. The molecule has 2 fully saturated rings. The van der Waals surface area contributed by atoms with Gasteiger partial charge < -0.3 is 0 Å². The topological polar surface area (TPSA) is 34.1 Å². The van der Waals surface area contributed by atoms with Crippen molar-refractivity contribution in [2.75, 3.05) is 0 Å². The maximum atomic E-state index is 11.4. The number of ketones is 2. The fourth-order valence-corrected chi connectivity index (χ4v) is 3.15. The van der Waals surface area contributed by atoms with Crippen LogP contribution in [0.15, 0.2) is 12.2 Å². The third-order valence-electron chi connectivity index (χ3n) is 3.63. The van der Waals surface area contributed by atoms with E-state index in [0.717, 1.165) is 6.42 Å². The molecule has 0 amide bonds.